The van der Waals surface area contributed by atoms with Gasteiger partial charge in [-0.15, -0.1) is 0 Å². The van der Waals surface area contributed by atoms with Crippen LogP contribution < -0.4 is 16.5 Å². The summed E-state index contributed by atoms with van der Waals surface area (Å²) >= 11 is 0. The van der Waals surface area contributed by atoms with Gasteiger partial charge in [0.1, 0.15) is 5.78 Å². The molecule has 11 nitrogen and oxygen atoms in total. The second-order valence-electron chi connectivity index (χ2n) is 9.17. The molecule has 2 unspecified atom stereocenters. The number of hydrogen-bond acceptors (Lipinski definition) is 7. The number of ketones is 1. The number of nitrogens with one attached hydrogen (secondary N) is 2. The van der Waals surface area contributed by atoms with Crippen LogP contribution in [0, 0.1) is 33.8 Å². The van der Waals surface area contributed by atoms with Crippen molar-refractivity contribution in [2.75, 3.05) is 6.54 Å². The number of guanidine groups is 1. The SMILES string of the molecule is CC(C)C[C@H](NC(=O)[C@H](CCCN=C(N)N[N+](=O)[O-])CC(=O)C1CCCCC1C)B(O)O. The fourth-order valence-electron chi connectivity index (χ4n) is 4.24. The van der Waals surface area contributed by atoms with Crippen LogP contribution in [0.3, 0.4) is 0 Å². The van der Waals surface area contributed by atoms with E-state index in [0.717, 1.165) is 25.7 Å². The van der Waals surface area contributed by atoms with Crippen molar-refractivity contribution < 1.29 is 24.7 Å². The number of nitrogens with zero attached hydrogens (tertiary/aromatic N) is 2. The van der Waals surface area contributed by atoms with E-state index >= 15 is 0 Å². The lowest BCUT2D eigenvalue weighted by atomic mass is 9.74. The molecule has 1 saturated carbocycles. The van der Waals surface area contributed by atoms with Crippen LogP contribution in [0.2, 0.25) is 0 Å². The summed E-state index contributed by atoms with van der Waals surface area (Å²) in [5.74, 6) is -1.80. The zero-order valence-electron chi connectivity index (χ0n) is 19.3. The third-order valence-electron chi connectivity index (χ3n) is 5.95. The molecule has 1 rings (SSSR count). The molecule has 4 atom stereocenters. The molecule has 1 amide bonds. The van der Waals surface area contributed by atoms with Gasteiger partial charge in [-0.25, -0.2) is 15.1 Å². The summed E-state index contributed by atoms with van der Waals surface area (Å²) in [6, 6.07) is 0. The van der Waals surface area contributed by atoms with E-state index in [1.165, 1.54) is 0 Å². The number of Topliss-reactive ketones (excluding diaryl/α,β-unsaturated/α-hetero) is 1. The molecule has 0 radical (unpaired) electrons. The molecule has 1 aliphatic carbocycles. The number of nitro groups is 1. The van der Waals surface area contributed by atoms with Crippen LogP contribution >= 0.6 is 0 Å². The average Bonchev–Trinajstić information content (AvgIpc) is 2.68. The third kappa shape index (κ3) is 10.4. The van der Waals surface area contributed by atoms with E-state index in [2.05, 4.69) is 17.2 Å². The molecule has 1 fully saturated rings. The maximum atomic E-state index is 13.0. The zero-order valence-corrected chi connectivity index (χ0v) is 19.3. The van der Waals surface area contributed by atoms with Crippen molar-refractivity contribution in [2.45, 2.75) is 78.1 Å². The number of hydrazine groups is 1. The van der Waals surface area contributed by atoms with E-state index < -0.39 is 29.9 Å². The van der Waals surface area contributed by atoms with Crippen LogP contribution in [0.1, 0.15) is 72.1 Å². The Kier molecular flexibility index (Phi) is 12.2. The van der Waals surface area contributed by atoms with Crippen LogP contribution in [0.25, 0.3) is 0 Å². The summed E-state index contributed by atoms with van der Waals surface area (Å²) in [6.07, 6.45) is 5.11. The number of carbonyl (C=O) groups excluding carboxylic acids is 2. The lowest BCUT2D eigenvalue weighted by molar-refractivity contribution is -0.525. The molecule has 0 bridgehead atoms. The Balaban J connectivity index is 2.82. The summed E-state index contributed by atoms with van der Waals surface area (Å²) in [5, 5.41) is 31.5. The smallest absolute Gasteiger partial charge is 0.426 e. The van der Waals surface area contributed by atoms with Gasteiger partial charge in [0.25, 0.3) is 5.96 Å². The Morgan fingerprint density at radius 1 is 1.28 bits per heavy atom. The Bertz CT molecular complexity index is 660. The highest BCUT2D eigenvalue weighted by Gasteiger charge is 2.33. The first-order valence-electron chi connectivity index (χ1n) is 11.4. The molecule has 0 aromatic carbocycles. The lowest BCUT2D eigenvalue weighted by Crippen LogP contribution is -2.49. The highest BCUT2D eigenvalue weighted by atomic mass is 16.7. The topological polar surface area (TPSA) is 180 Å². The quantitative estimate of drug-likeness (QED) is 0.0675. The monoisotopic (exact) mass is 455 g/mol. The van der Waals surface area contributed by atoms with Gasteiger partial charge in [-0.2, -0.15) is 0 Å². The van der Waals surface area contributed by atoms with Gasteiger partial charge in [-0.3, -0.25) is 9.59 Å². The van der Waals surface area contributed by atoms with Crippen LogP contribution in [0.15, 0.2) is 4.99 Å². The van der Waals surface area contributed by atoms with Gasteiger partial charge >= 0.3 is 7.12 Å². The highest BCUT2D eigenvalue weighted by molar-refractivity contribution is 6.43. The summed E-state index contributed by atoms with van der Waals surface area (Å²) in [7, 11) is -1.70. The largest absolute Gasteiger partial charge is 0.475 e. The molecule has 32 heavy (non-hydrogen) atoms. The Morgan fingerprint density at radius 3 is 2.50 bits per heavy atom. The molecule has 0 saturated heterocycles. The molecule has 0 aliphatic heterocycles. The number of rotatable bonds is 13. The minimum absolute atomic E-state index is 0.0559. The van der Waals surface area contributed by atoms with Crippen molar-refractivity contribution >= 4 is 24.8 Å². The van der Waals surface area contributed by atoms with Crippen LogP contribution in [0.5, 0.6) is 0 Å². The van der Waals surface area contributed by atoms with Crippen LogP contribution in [-0.4, -0.2) is 52.3 Å². The van der Waals surface area contributed by atoms with Gasteiger partial charge in [0, 0.05) is 24.8 Å². The Labute approximate surface area is 189 Å². The second-order valence-corrected chi connectivity index (χ2v) is 9.17. The second kappa shape index (κ2) is 14.0. The van der Waals surface area contributed by atoms with Gasteiger partial charge < -0.3 is 21.1 Å². The molecule has 6 N–H and O–H groups in total. The van der Waals surface area contributed by atoms with E-state index in [1.54, 1.807) is 5.43 Å². The van der Waals surface area contributed by atoms with E-state index in [0.29, 0.717) is 19.3 Å². The first kappa shape index (κ1) is 27.8. The Hall–Kier alpha value is -2.21. The van der Waals surface area contributed by atoms with Crippen molar-refractivity contribution in [1.82, 2.24) is 10.7 Å². The third-order valence-corrected chi connectivity index (χ3v) is 5.95. The maximum absolute atomic E-state index is 13.0. The number of aliphatic imine (C=N–C) groups is 1. The number of hydrogen-bond donors (Lipinski definition) is 5. The van der Waals surface area contributed by atoms with Gasteiger partial charge in [0.2, 0.25) is 5.91 Å². The van der Waals surface area contributed by atoms with E-state index in [-0.39, 0.29) is 42.5 Å². The molecular formula is C20H38BN5O6. The molecule has 0 spiro atoms. The molecule has 12 heteroatoms. The molecule has 0 heterocycles. The number of amides is 1. The summed E-state index contributed by atoms with van der Waals surface area (Å²) in [4.78, 5) is 40.2. The maximum Gasteiger partial charge on any atom is 0.475 e. The fraction of sp³-hybridized carbons (Fsp3) is 0.850. The normalized spacial score (nSPS) is 21.0. The fourth-order valence-corrected chi connectivity index (χ4v) is 4.24. The van der Waals surface area contributed by atoms with Crippen molar-refractivity contribution in [3.8, 4) is 0 Å². The molecule has 0 aromatic heterocycles. The van der Waals surface area contributed by atoms with Crippen molar-refractivity contribution in [3.05, 3.63) is 10.1 Å². The van der Waals surface area contributed by atoms with Gasteiger partial charge in [0.05, 0.1) is 5.94 Å². The summed E-state index contributed by atoms with van der Waals surface area (Å²) in [5.41, 5.74) is 7.15. The Morgan fingerprint density at radius 2 is 1.94 bits per heavy atom. The minimum atomic E-state index is -1.70. The first-order chi connectivity index (χ1) is 15.0. The average molecular weight is 455 g/mol. The molecule has 1 aliphatic rings. The van der Waals surface area contributed by atoms with Gasteiger partial charge in [0.15, 0.2) is 5.03 Å². The van der Waals surface area contributed by atoms with Crippen molar-refractivity contribution in [1.29, 1.82) is 0 Å². The first-order valence-corrected chi connectivity index (χ1v) is 11.4. The summed E-state index contributed by atoms with van der Waals surface area (Å²) < 4.78 is 0. The molecule has 0 aromatic rings. The van der Waals surface area contributed by atoms with E-state index in [9.17, 15) is 29.8 Å². The van der Waals surface area contributed by atoms with Gasteiger partial charge in [-0.1, -0.05) is 45.5 Å². The van der Waals surface area contributed by atoms with E-state index in [1.807, 2.05) is 13.8 Å². The minimum Gasteiger partial charge on any atom is -0.426 e. The predicted molar refractivity (Wildman–Crippen MR) is 122 cm³/mol. The van der Waals surface area contributed by atoms with Crippen LogP contribution in [-0.2, 0) is 9.59 Å². The number of carbonyl (C=O) groups is 2. The highest BCUT2D eigenvalue weighted by Crippen LogP contribution is 2.32. The zero-order chi connectivity index (χ0) is 24.3. The van der Waals surface area contributed by atoms with Gasteiger partial charge in [-0.05, 0) is 37.5 Å². The standard InChI is InChI=1S/C20H38BN5O6/c1-13(2)11-18(21(29)30)24-19(28)15(8-6-10-23-20(22)25-26(31)32)12-17(27)16-9-5-4-7-14(16)3/h13-16,18,29-30H,4-12H2,1-3H3,(H,24,28)(H3,22,23,25)/t14?,15-,16?,18+/m1/s1. The summed E-state index contributed by atoms with van der Waals surface area (Å²) in [6.45, 7) is 6.04. The van der Waals surface area contributed by atoms with Crippen LogP contribution in [0.4, 0.5) is 0 Å². The molecular weight excluding hydrogens is 417 g/mol. The lowest BCUT2D eigenvalue weighted by Gasteiger charge is -2.29. The van der Waals surface area contributed by atoms with Crippen molar-refractivity contribution in [2.24, 2.45) is 34.4 Å². The predicted octanol–water partition coefficient (Wildman–Crippen LogP) is 0.807. The number of nitrogens with two attached hydrogens (primary N) is 1. The molecule has 182 valence electrons. The van der Waals surface area contributed by atoms with Crippen molar-refractivity contribution in [3.63, 3.8) is 0 Å². The van der Waals surface area contributed by atoms with E-state index in [4.69, 9.17) is 5.73 Å².